The van der Waals surface area contributed by atoms with Crippen LogP contribution in [0.5, 0.6) is 0 Å². The fourth-order valence-electron chi connectivity index (χ4n) is 1.96. The summed E-state index contributed by atoms with van der Waals surface area (Å²) < 4.78 is 41.1. The summed E-state index contributed by atoms with van der Waals surface area (Å²) >= 11 is 3.24. The molecule has 112 valence electrons. The molecule has 0 aliphatic heterocycles. The maximum atomic E-state index is 13.3. The van der Waals surface area contributed by atoms with Crippen molar-refractivity contribution < 1.29 is 12.8 Å². The van der Waals surface area contributed by atoms with Crippen LogP contribution in [0.25, 0.3) is 0 Å². The predicted molar refractivity (Wildman–Crippen MR) is 85.2 cm³/mol. The standard InChI is InChI=1S/C14H14BrFN2O2S/c1-8-3-10(16)6-11(4-8)18-21(19,20)14-7-13(17)12(15)5-9(14)2/h3-7,18H,17H2,1-2H3. The number of sulfonamides is 1. The molecule has 0 spiro atoms. The van der Waals surface area contributed by atoms with Crippen molar-refractivity contribution in [3.05, 3.63) is 51.7 Å². The SMILES string of the molecule is Cc1cc(F)cc(NS(=O)(=O)c2cc(N)c(Br)cc2C)c1. The third-order valence-corrected chi connectivity index (χ3v) is 5.09. The molecule has 0 aliphatic carbocycles. The van der Waals surface area contributed by atoms with Crippen molar-refractivity contribution in [3.8, 4) is 0 Å². The predicted octanol–water partition coefficient (Wildman–Crippen LogP) is 3.59. The van der Waals surface area contributed by atoms with E-state index in [0.717, 1.165) is 6.07 Å². The van der Waals surface area contributed by atoms with E-state index < -0.39 is 15.8 Å². The number of nitrogens with one attached hydrogen (secondary N) is 1. The van der Waals surface area contributed by atoms with Crippen LogP contribution in [-0.2, 0) is 10.0 Å². The van der Waals surface area contributed by atoms with Crippen LogP contribution in [0.4, 0.5) is 15.8 Å². The number of nitrogen functional groups attached to an aromatic ring is 1. The van der Waals surface area contributed by atoms with Crippen molar-refractivity contribution in [1.29, 1.82) is 0 Å². The van der Waals surface area contributed by atoms with Gasteiger partial charge in [0.2, 0.25) is 0 Å². The van der Waals surface area contributed by atoms with Crippen molar-refractivity contribution in [2.75, 3.05) is 10.5 Å². The van der Waals surface area contributed by atoms with Gasteiger partial charge in [0.1, 0.15) is 5.82 Å². The maximum absolute atomic E-state index is 13.3. The molecular weight excluding hydrogens is 359 g/mol. The topological polar surface area (TPSA) is 72.2 Å². The second-order valence-electron chi connectivity index (χ2n) is 4.76. The molecule has 3 N–H and O–H groups in total. The first-order valence-corrected chi connectivity index (χ1v) is 8.32. The van der Waals surface area contributed by atoms with E-state index in [2.05, 4.69) is 20.7 Å². The lowest BCUT2D eigenvalue weighted by Crippen LogP contribution is -2.15. The van der Waals surface area contributed by atoms with Gasteiger partial charge in [-0.1, -0.05) is 0 Å². The largest absolute Gasteiger partial charge is 0.398 e. The summed E-state index contributed by atoms with van der Waals surface area (Å²) in [6.07, 6.45) is 0. The first-order chi connectivity index (χ1) is 9.69. The Morgan fingerprint density at radius 2 is 1.81 bits per heavy atom. The lowest BCUT2D eigenvalue weighted by molar-refractivity contribution is 0.600. The summed E-state index contributed by atoms with van der Waals surface area (Å²) in [7, 11) is -3.83. The number of hydrogen-bond donors (Lipinski definition) is 2. The molecule has 0 unspecified atom stereocenters. The van der Waals surface area contributed by atoms with E-state index in [-0.39, 0.29) is 10.6 Å². The van der Waals surface area contributed by atoms with Crippen LogP contribution in [-0.4, -0.2) is 8.42 Å². The molecule has 0 saturated heterocycles. The van der Waals surface area contributed by atoms with Gasteiger partial charge in [0.15, 0.2) is 0 Å². The Bertz CT molecular complexity index is 787. The number of benzene rings is 2. The Labute approximate surface area is 131 Å². The molecule has 4 nitrogen and oxygen atoms in total. The smallest absolute Gasteiger partial charge is 0.262 e. The molecule has 0 aromatic heterocycles. The van der Waals surface area contributed by atoms with Gasteiger partial charge in [-0.05, 0) is 71.2 Å². The lowest BCUT2D eigenvalue weighted by atomic mass is 10.2. The zero-order chi connectivity index (χ0) is 15.8. The van der Waals surface area contributed by atoms with Gasteiger partial charge in [-0.3, -0.25) is 4.72 Å². The van der Waals surface area contributed by atoms with Crippen LogP contribution < -0.4 is 10.5 Å². The highest BCUT2D eigenvalue weighted by atomic mass is 79.9. The number of hydrogen-bond acceptors (Lipinski definition) is 3. The number of aryl methyl sites for hydroxylation is 2. The summed E-state index contributed by atoms with van der Waals surface area (Å²) in [5.41, 5.74) is 7.38. The molecule has 0 saturated carbocycles. The van der Waals surface area contributed by atoms with Gasteiger partial charge >= 0.3 is 0 Å². The van der Waals surface area contributed by atoms with Crippen LogP contribution in [0.2, 0.25) is 0 Å². The zero-order valence-corrected chi connectivity index (χ0v) is 13.8. The second kappa shape index (κ2) is 5.65. The first-order valence-electron chi connectivity index (χ1n) is 6.04. The Kier molecular flexibility index (Phi) is 4.25. The van der Waals surface area contributed by atoms with Crippen molar-refractivity contribution >= 4 is 37.3 Å². The molecule has 2 aromatic carbocycles. The van der Waals surface area contributed by atoms with Gasteiger partial charge in [-0.25, -0.2) is 12.8 Å². The molecule has 2 aromatic rings. The van der Waals surface area contributed by atoms with Crippen molar-refractivity contribution in [3.63, 3.8) is 0 Å². The molecule has 2 rings (SSSR count). The molecule has 0 bridgehead atoms. The summed E-state index contributed by atoms with van der Waals surface area (Å²) in [4.78, 5) is 0.0603. The molecular formula is C14H14BrFN2O2S. The van der Waals surface area contributed by atoms with Crippen molar-refractivity contribution in [1.82, 2.24) is 0 Å². The van der Waals surface area contributed by atoms with Gasteiger partial charge in [0, 0.05) is 10.2 Å². The Hall–Kier alpha value is -1.60. The van der Waals surface area contributed by atoms with Crippen molar-refractivity contribution in [2.24, 2.45) is 0 Å². The normalized spacial score (nSPS) is 11.4. The molecule has 7 heteroatoms. The minimum absolute atomic E-state index is 0.0603. The van der Waals surface area contributed by atoms with E-state index in [9.17, 15) is 12.8 Å². The average Bonchev–Trinajstić information content (AvgIpc) is 2.31. The highest BCUT2D eigenvalue weighted by Gasteiger charge is 2.19. The summed E-state index contributed by atoms with van der Waals surface area (Å²) in [5.74, 6) is -0.500. The maximum Gasteiger partial charge on any atom is 0.262 e. The number of nitrogens with two attached hydrogens (primary N) is 1. The van der Waals surface area contributed by atoms with Crippen LogP contribution >= 0.6 is 15.9 Å². The Morgan fingerprint density at radius 3 is 2.43 bits per heavy atom. The highest BCUT2D eigenvalue weighted by molar-refractivity contribution is 9.10. The fourth-order valence-corrected chi connectivity index (χ4v) is 3.72. The van der Waals surface area contributed by atoms with E-state index in [0.29, 0.717) is 21.3 Å². The summed E-state index contributed by atoms with van der Waals surface area (Å²) in [6.45, 7) is 3.35. The molecule has 0 radical (unpaired) electrons. The number of anilines is 2. The van der Waals surface area contributed by atoms with E-state index in [1.165, 1.54) is 12.1 Å². The second-order valence-corrected chi connectivity index (χ2v) is 7.27. The van der Waals surface area contributed by atoms with Crippen LogP contribution in [0, 0.1) is 19.7 Å². The van der Waals surface area contributed by atoms with Crippen LogP contribution in [0.3, 0.4) is 0 Å². The number of halogens is 2. The third kappa shape index (κ3) is 3.54. The van der Waals surface area contributed by atoms with E-state index in [1.807, 2.05) is 0 Å². The lowest BCUT2D eigenvalue weighted by Gasteiger charge is -2.12. The minimum Gasteiger partial charge on any atom is -0.398 e. The van der Waals surface area contributed by atoms with Gasteiger partial charge in [0.05, 0.1) is 10.6 Å². The van der Waals surface area contributed by atoms with Crippen LogP contribution in [0.1, 0.15) is 11.1 Å². The summed E-state index contributed by atoms with van der Waals surface area (Å²) in [6, 6.07) is 7.00. The van der Waals surface area contributed by atoms with Gasteiger partial charge in [0.25, 0.3) is 10.0 Å². The molecule has 21 heavy (non-hydrogen) atoms. The van der Waals surface area contributed by atoms with Gasteiger partial charge in [-0.2, -0.15) is 0 Å². The van der Waals surface area contributed by atoms with E-state index in [1.54, 1.807) is 26.0 Å². The average molecular weight is 373 g/mol. The fraction of sp³-hybridized carbons (Fsp3) is 0.143. The Balaban J connectivity index is 2.45. The molecule has 0 amide bonds. The summed E-state index contributed by atoms with van der Waals surface area (Å²) in [5, 5.41) is 0. The molecule has 0 fully saturated rings. The van der Waals surface area contributed by atoms with Crippen molar-refractivity contribution in [2.45, 2.75) is 18.7 Å². The first kappa shape index (κ1) is 15.8. The minimum atomic E-state index is -3.83. The van der Waals surface area contributed by atoms with Gasteiger partial charge < -0.3 is 5.73 Å². The number of rotatable bonds is 3. The quantitative estimate of drug-likeness (QED) is 0.808. The Morgan fingerprint density at radius 1 is 1.14 bits per heavy atom. The van der Waals surface area contributed by atoms with Gasteiger partial charge in [-0.15, -0.1) is 0 Å². The van der Waals surface area contributed by atoms with E-state index >= 15 is 0 Å². The third-order valence-electron chi connectivity index (χ3n) is 2.88. The van der Waals surface area contributed by atoms with Crippen LogP contribution in [0.15, 0.2) is 39.7 Å². The molecule has 0 atom stereocenters. The van der Waals surface area contributed by atoms with E-state index in [4.69, 9.17) is 5.73 Å². The molecule has 0 heterocycles. The zero-order valence-electron chi connectivity index (χ0n) is 11.4. The highest BCUT2D eigenvalue weighted by Crippen LogP contribution is 2.28. The molecule has 0 aliphatic rings. The monoisotopic (exact) mass is 372 g/mol.